The van der Waals surface area contributed by atoms with E-state index in [1.54, 1.807) is 11.3 Å². The molecule has 3 aromatic heterocycles. The molecule has 0 bridgehead atoms. The molecule has 0 spiro atoms. The second-order valence-electron chi connectivity index (χ2n) is 8.82. The van der Waals surface area contributed by atoms with Gasteiger partial charge in [0.15, 0.2) is 11.2 Å². The lowest BCUT2D eigenvalue weighted by molar-refractivity contribution is -0.927. The van der Waals surface area contributed by atoms with E-state index in [1.165, 1.54) is 15.2 Å². The number of para-hydroxylation sites is 1. The van der Waals surface area contributed by atoms with Crippen LogP contribution in [0, 0.1) is 0 Å². The number of benzene rings is 2. The van der Waals surface area contributed by atoms with Gasteiger partial charge in [0, 0.05) is 24.5 Å². The second kappa shape index (κ2) is 9.89. The highest BCUT2D eigenvalue weighted by Crippen LogP contribution is 2.28. The molecule has 1 saturated heterocycles. The van der Waals surface area contributed by atoms with E-state index in [0.29, 0.717) is 0 Å². The van der Waals surface area contributed by atoms with Crippen LogP contribution in [0.15, 0.2) is 79.1 Å². The average molecular weight is 484 g/mol. The van der Waals surface area contributed by atoms with Gasteiger partial charge in [-0.2, -0.15) is 0 Å². The highest BCUT2D eigenvalue weighted by molar-refractivity contribution is 7.22. The lowest BCUT2D eigenvalue weighted by Crippen LogP contribution is -3.15. The van der Waals surface area contributed by atoms with Crippen molar-refractivity contribution >= 4 is 26.7 Å². The SMILES string of the molecule is c1ccc(CCn2nnnc2[C@@H](c2cccnc2)[NH+]2CCN(c3nc4ccccc4s3)CC2)cc1. The molecular weight excluding hydrogens is 456 g/mol. The summed E-state index contributed by atoms with van der Waals surface area (Å²) in [6.07, 6.45) is 4.66. The molecule has 1 fully saturated rings. The summed E-state index contributed by atoms with van der Waals surface area (Å²) >= 11 is 1.77. The number of quaternary nitrogens is 1. The van der Waals surface area contributed by atoms with E-state index in [2.05, 4.69) is 73.9 Å². The topological polar surface area (TPSA) is 77.1 Å². The predicted molar refractivity (Wildman–Crippen MR) is 137 cm³/mol. The van der Waals surface area contributed by atoms with E-state index in [1.807, 2.05) is 35.3 Å². The van der Waals surface area contributed by atoms with Gasteiger partial charge in [0.2, 0.25) is 5.82 Å². The minimum Gasteiger partial charge on any atom is -0.337 e. The van der Waals surface area contributed by atoms with Crippen LogP contribution in [-0.2, 0) is 13.0 Å². The molecule has 1 aliphatic heterocycles. The highest BCUT2D eigenvalue weighted by Gasteiger charge is 2.35. The molecule has 0 radical (unpaired) electrons. The van der Waals surface area contributed by atoms with Crippen LogP contribution >= 0.6 is 11.3 Å². The quantitative estimate of drug-likeness (QED) is 0.383. The van der Waals surface area contributed by atoms with Crippen molar-refractivity contribution in [3.05, 3.63) is 96.1 Å². The van der Waals surface area contributed by atoms with Crippen LogP contribution in [0.3, 0.4) is 0 Å². The summed E-state index contributed by atoms with van der Waals surface area (Å²) in [6, 6.07) is 23.0. The molecule has 5 aromatic rings. The molecule has 9 heteroatoms. The molecule has 0 saturated carbocycles. The van der Waals surface area contributed by atoms with Crippen molar-refractivity contribution in [2.45, 2.75) is 19.0 Å². The molecule has 1 atom stereocenters. The number of aryl methyl sites for hydroxylation is 2. The standard InChI is InChI=1S/C26H26N8S/c1-2-7-20(8-3-1)12-14-34-25(29-30-31-34)24(21-9-6-13-27-19-21)32-15-17-33(18-16-32)26-28-22-10-4-5-11-23(22)35-26/h1-11,13,19,24H,12,14-18H2/p+1/t24-/m1/s1. The van der Waals surface area contributed by atoms with E-state index in [0.717, 1.165) is 61.2 Å². The molecule has 0 aliphatic carbocycles. The van der Waals surface area contributed by atoms with Crippen molar-refractivity contribution < 1.29 is 4.90 Å². The number of thiazole rings is 1. The third-order valence-corrected chi connectivity index (χ3v) is 7.75. The van der Waals surface area contributed by atoms with Crippen LogP contribution in [0.2, 0.25) is 0 Å². The van der Waals surface area contributed by atoms with Gasteiger partial charge in [0.1, 0.15) is 0 Å². The van der Waals surface area contributed by atoms with Gasteiger partial charge >= 0.3 is 0 Å². The third kappa shape index (κ3) is 4.65. The summed E-state index contributed by atoms with van der Waals surface area (Å²) < 4.78 is 3.21. The van der Waals surface area contributed by atoms with Crippen molar-refractivity contribution in [2.75, 3.05) is 31.1 Å². The number of fused-ring (bicyclic) bond motifs is 1. The fourth-order valence-electron chi connectivity index (χ4n) is 4.84. The smallest absolute Gasteiger partial charge is 0.214 e. The molecule has 0 unspecified atom stereocenters. The van der Waals surface area contributed by atoms with E-state index in [9.17, 15) is 0 Å². The minimum absolute atomic E-state index is 0.0343. The molecule has 1 aliphatic rings. The number of aromatic nitrogens is 6. The van der Waals surface area contributed by atoms with Crippen molar-refractivity contribution in [2.24, 2.45) is 0 Å². The van der Waals surface area contributed by atoms with Crippen LogP contribution in [-0.4, -0.2) is 56.4 Å². The number of rotatable bonds is 7. The van der Waals surface area contributed by atoms with Gasteiger partial charge in [-0.05, 0) is 46.7 Å². The van der Waals surface area contributed by atoms with Crippen molar-refractivity contribution in [3.8, 4) is 0 Å². The number of nitrogens with zero attached hydrogens (tertiary/aromatic N) is 7. The number of piperazine rings is 1. The van der Waals surface area contributed by atoms with Crippen molar-refractivity contribution in [3.63, 3.8) is 0 Å². The molecule has 2 aromatic carbocycles. The van der Waals surface area contributed by atoms with Crippen LogP contribution in [0.25, 0.3) is 10.2 Å². The van der Waals surface area contributed by atoms with E-state index < -0.39 is 0 Å². The maximum Gasteiger partial charge on any atom is 0.214 e. The largest absolute Gasteiger partial charge is 0.337 e. The first-order valence-corrected chi connectivity index (χ1v) is 12.8. The first-order chi connectivity index (χ1) is 17.3. The number of hydrogen-bond acceptors (Lipinski definition) is 7. The van der Waals surface area contributed by atoms with Crippen LogP contribution < -0.4 is 9.80 Å². The van der Waals surface area contributed by atoms with Gasteiger partial charge in [-0.3, -0.25) is 4.98 Å². The Balaban J connectivity index is 1.23. The first-order valence-electron chi connectivity index (χ1n) is 12.0. The van der Waals surface area contributed by atoms with Crippen LogP contribution in [0.1, 0.15) is 23.0 Å². The molecule has 35 heavy (non-hydrogen) atoms. The Bertz CT molecular complexity index is 1340. The minimum atomic E-state index is 0.0343. The summed E-state index contributed by atoms with van der Waals surface area (Å²) in [6.45, 7) is 4.57. The van der Waals surface area contributed by atoms with Crippen molar-refractivity contribution in [1.29, 1.82) is 0 Å². The molecule has 1 N–H and O–H groups in total. The first kappa shape index (κ1) is 21.8. The fraction of sp³-hybridized carbons (Fsp3) is 0.269. The van der Waals surface area contributed by atoms with Crippen LogP contribution in [0.4, 0.5) is 5.13 Å². The van der Waals surface area contributed by atoms with E-state index in [4.69, 9.17) is 4.98 Å². The summed E-state index contributed by atoms with van der Waals surface area (Å²) in [5.41, 5.74) is 3.50. The molecule has 8 nitrogen and oxygen atoms in total. The third-order valence-electron chi connectivity index (χ3n) is 6.66. The molecule has 0 amide bonds. The fourth-order valence-corrected chi connectivity index (χ4v) is 5.86. The second-order valence-corrected chi connectivity index (χ2v) is 9.83. The van der Waals surface area contributed by atoms with E-state index >= 15 is 0 Å². The van der Waals surface area contributed by atoms with Gasteiger partial charge in [0.25, 0.3) is 0 Å². The maximum absolute atomic E-state index is 4.87. The molecule has 6 rings (SSSR count). The Morgan fingerprint density at radius 2 is 1.77 bits per heavy atom. The Morgan fingerprint density at radius 3 is 2.57 bits per heavy atom. The summed E-state index contributed by atoms with van der Waals surface area (Å²) in [7, 11) is 0. The summed E-state index contributed by atoms with van der Waals surface area (Å²) in [5.74, 6) is 0.900. The summed E-state index contributed by atoms with van der Waals surface area (Å²) in [5, 5.41) is 14.1. The number of tetrazole rings is 1. The molecule has 176 valence electrons. The van der Waals surface area contributed by atoms with Gasteiger partial charge in [-0.25, -0.2) is 9.67 Å². The normalized spacial score (nSPS) is 15.5. The average Bonchev–Trinajstić information content (AvgIpc) is 3.57. The van der Waals surface area contributed by atoms with Gasteiger partial charge in [-0.1, -0.05) is 53.8 Å². The Morgan fingerprint density at radius 1 is 0.943 bits per heavy atom. The number of pyridine rings is 1. The predicted octanol–water partition coefficient (Wildman–Crippen LogP) is 2.42. The number of hydrogen-bond donors (Lipinski definition) is 1. The Hall–Kier alpha value is -3.69. The highest BCUT2D eigenvalue weighted by atomic mass is 32.1. The molecule has 4 heterocycles. The van der Waals surface area contributed by atoms with Crippen LogP contribution in [0.5, 0.6) is 0 Å². The number of nitrogens with one attached hydrogen (secondary N) is 1. The monoisotopic (exact) mass is 483 g/mol. The Kier molecular flexibility index (Phi) is 6.17. The van der Waals surface area contributed by atoms with Gasteiger partial charge < -0.3 is 9.80 Å². The lowest BCUT2D eigenvalue weighted by Gasteiger charge is -2.36. The lowest BCUT2D eigenvalue weighted by atomic mass is 10.1. The summed E-state index contributed by atoms with van der Waals surface area (Å²) in [4.78, 5) is 13.1. The number of anilines is 1. The Labute approximate surface area is 207 Å². The zero-order valence-corrected chi connectivity index (χ0v) is 20.2. The molecular formula is C26H27N8S+. The zero-order chi connectivity index (χ0) is 23.5. The van der Waals surface area contributed by atoms with Crippen molar-refractivity contribution in [1.82, 2.24) is 30.2 Å². The van der Waals surface area contributed by atoms with Gasteiger partial charge in [-0.15, -0.1) is 5.10 Å². The zero-order valence-electron chi connectivity index (χ0n) is 19.4. The van der Waals surface area contributed by atoms with E-state index in [-0.39, 0.29) is 6.04 Å². The maximum atomic E-state index is 4.87. The van der Waals surface area contributed by atoms with Gasteiger partial charge in [0.05, 0.1) is 36.4 Å².